The van der Waals surface area contributed by atoms with Gasteiger partial charge in [-0.25, -0.2) is 9.37 Å². The summed E-state index contributed by atoms with van der Waals surface area (Å²) in [5.74, 6) is 1.52. The molecule has 0 spiro atoms. The minimum Gasteiger partial charge on any atom is -0.496 e. The Morgan fingerprint density at radius 1 is 1.20 bits per heavy atom. The molecule has 8 nitrogen and oxygen atoms in total. The van der Waals surface area contributed by atoms with Crippen molar-refractivity contribution in [3.8, 4) is 17.0 Å². The summed E-state index contributed by atoms with van der Waals surface area (Å²) in [7, 11) is 1.50. The van der Waals surface area contributed by atoms with Gasteiger partial charge in [0.05, 0.1) is 30.6 Å². The van der Waals surface area contributed by atoms with Gasteiger partial charge >= 0.3 is 0 Å². The fourth-order valence-electron chi connectivity index (χ4n) is 5.63. The van der Waals surface area contributed by atoms with Crippen LogP contribution in [0.2, 0.25) is 0 Å². The van der Waals surface area contributed by atoms with Crippen LogP contribution in [-0.4, -0.2) is 53.1 Å². The number of halogens is 1. The Hall–Kier alpha value is -3.59. The lowest BCUT2D eigenvalue weighted by molar-refractivity contribution is 0.0996. The Balaban J connectivity index is 1.30. The average molecular weight is 473 g/mol. The number of nitrogens with zero attached hydrogens (tertiary/aromatic N) is 5. The molecule has 3 aliphatic heterocycles. The summed E-state index contributed by atoms with van der Waals surface area (Å²) >= 11 is 0. The van der Waals surface area contributed by atoms with Gasteiger partial charge in [0.1, 0.15) is 17.4 Å². The third-order valence-corrected chi connectivity index (χ3v) is 7.59. The number of pyridine rings is 1. The maximum atomic E-state index is 14.9. The van der Waals surface area contributed by atoms with Gasteiger partial charge in [-0.1, -0.05) is 6.07 Å². The number of benzene rings is 1. The van der Waals surface area contributed by atoms with Gasteiger partial charge in [-0.05, 0) is 37.5 Å². The molecule has 1 aliphatic carbocycles. The number of piperazine rings is 1. The lowest BCUT2D eigenvalue weighted by Crippen LogP contribution is -2.44. The molecular weight excluding hydrogens is 447 g/mol. The van der Waals surface area contributed by atoms with Gasteiger partial charge in [-0.2, -0.15) is 4.98 Å². The molecule has 0 radical (unpaired) electrons. The Morgan fingerprint density at radius 2 is 2.09 bits per heavy atom. The lowest BCUT2D eigenvalue weighted by Gasteiger charge is -2.28. The maximum Gasteiger partial charge on any atom is 0.260 e. The van der Waals surface area contributed by atoms with Gasteiger partial charge in [0, 0.05) is 54.5 Å². The van der Waals surface area contributed by atoms with Gasteiger partial charge in [0.2, 0.25) is 5.95 Å². The first kappa shape index (κ1) is 20.8. The third kappa shape index (κ3) is 3.29. The minimum atomic E-state index is -0.436. The zero-order valence-corrected chi connectivity index (χ0v) is 19.4. The molecule has 1 amide bonds. The van der Waals surface area contributed by atoms with Crippen LogP contribution in [-0.2, 0) is 6.54 Å². The van der Waals surface area contributed by atoms with Crippen molar-refractivity contribution >= 4 is 17.7 Å². The van der Waals surface area contributed by atoms with Gasteiger partial charge in [0.15, 0.2) is 0 Å². The number of amides is 1. The smallest absolute Gasteiger partial charge is 0.260 e. The third-order valence-electron chi connectivity index (χ3n) is 7.59. The number of carbonyl (C=O) groups excluding carboxylic acids is 1. The Kier molecular flexibility index (Phi) is 4.57. The number of hydrogen-bond donors (Lipinski definition) is 1. The van der Waals surface area contributed by atoms with Crippen LogP contribution in [0.15, 0.2) is 36.5 Å². The first-order valence-electron chi connectivity index (χ1n) is 12.1. The SMILES string of the molecule is COc1cccc(F)c1-c1nccc2c1CN(c1cc(C3CC3)nc(N3C[C@H]4C[C@@H]3CN4)n1)C2=O. The van der Waals surface area contributed by atoms with E-state index in [1.54, 1.807) is 29.3 Å². The monoisotopic (exact) mass is 472 g/mol. The van der Waals surface area contributed by atoms with Crippen molar-refractivity contribution in [2.45, 2.75) is 43.8 Å². The molecule has 3 aromatic rings. The molecule has 1 aromatic carbocycles. The quantitative estimate of drug-likeness (QED) is 0.610. The normalized spacial score (nSPS) is 22.7. The van der Waals surface area contributed by atoms with Crippen LogP contribution >= 0.6 is 0 Å². The molecule has 35 heavy (non-hydrogen) atoms. The summed E-state index contributed by atoms with van der Waals surface area (Å²) in [6.07, 6.45) is 4.87. The number of ether oxygens (including phenoxy) is 1. The molecule has 2 atom stereocenters. The van der Waals surface area contributed by atoms with Crippen LogP contribution in [0, 0.1) is 5.82 Å². The van der Waals surface area contributed by atoms with Crippen LogP contribution in [0.25, 0.3) is 11.3 Å². The van der Waals surface area contributed by atoms with Crippen molar-refractivity contribution in [3.63, 3.8) is 0 Å². The van der Waals surface area contributed by atoms with Crippen molar-refractivity contribution in [2.24, 2.45) is 0 Å². The molecule has 7 rings (SSSR count). The van der Waals surface area contributed by atoms with E-state index in [1.165, 1.54) is 13.2 Å². The van der Waals surface area contributed by atoms with E-state index < -0.39 is 5.82 Å². The van der Waals surface area contributed by atoms with Crippen LogP contribution in [0.3, 0.4) is 0 Å². The highest BCUT2D eigenvalue weighted by Crippen LogP contribution is 2.43. The van der Waals surface area contributed by atoms with Crippen molar-refractivity contribution in [1.82, 2.24) is 20.3 Å². The molecule has 2 aromatic heterocycles. The second kappa shape index (κ2) is 7.71. The summed E-state index contributed by atoms with van der Waals surface area (Å²) in [6, 6.07) is 9.19. The summed E-state index contributed by atoms with van der Waals surface area (Å²) in [4.78, 5) is 31.8. The van der Waals surface area contributed by atoms with Crippen molar-refractivity contribution in [3.05, 3.63) is 59.2 Å². The van der Waals surface area contributed by atoms with Gasteiger partial charge in [-0.3, -0.25) is 14.7 Å². The molecule has 0 unspecified atom stereocenters. The van der Waals surface area contributed by atoms with Crippen LogP contribution in [0.4, 0.5) is 16.2 Å². The van der Waals surface area contributed by atoms with Gasteiger partial charge in [0.25, 0.3) is 5.91 Å². The molecule has 178 valence electrons. The van der Waals surface area contributed by atoms with E-state index in [0.717, 1.165) is 38.0 Å². The summed E-state index contributed by atoms with van der Waals surface area (Å²) in [5, 5.41) is 3.52. The van der Waals surface area contributed by atoms with E-state index in [9.17, 15) is 9.18 Å². The molecule has 2 saturated heterocycles. The summed E-state index contributed by atoms with van der Waals surface area (Å²) in [6.45, 7) is 2.08. The van der Waals surface area contributed by atoms with E-state index in [2.05, 4.69) is 15.2 Å². The first-order chi connectivity index (χ1) is 17.1. The number of nitrogens with one attached hydrogen (secondary N) is 1. The van der Waals surface area contributed by atoms with Crippen molar-refractivity contribution in [1.29, 1.82) is 0 Å². The molecule has 5 heterocycles. The van der Waals surface area contributed by atoms with Crippen molar-refractivity contribution in [2.75, 3.05) is 30.0 Å². The Morgan fingerprint density at radius 3 is 2.83 bits per heavy atom. The van der Waals surface area contributed by atoms with E-state index in [1.807, 2.05) is 6.07 Å². The fraction of sp³-hybridized carbons (Fsp3) is 0.385. The van der Waals surface area contributed by atoms with E-state index in [-0.39, 0.29) is 18.0 Å². The minimum absolute atomic E-state index is 0.157. The highest BCUT2D eigenvalue weighted by molar-refractivity contribution is 6.10. The molecule has 4 aliphatic rings. The standard InChI is InChI=1S/C26H25FN6O2/c1-35-21-4-2-3-19(27)23(21)24-18-13-33(25(34)17(18)7-8-28-24)22-10-20(14-5-6-14)30-26(31-22)32-12-15-9-16(32)11-29-15/h2-4,7-8,10,14-16,29H,5-6,9,11-13H2,1H3/t15-,16-/m1/s1. The second-order valence-electron chi connectivity index (χ2n) is 9.77. The largest absolute Gasteiger partial charge is 0.496 e. The van der Waals surface area contributed by atoms with Gasteiger partial charge in [-0.15, -0.1) is 0 Å². The number of aromatic nitrogens is 3. The fourth-order valence-corrected chi connectivity index (χ4v) is 5.63. The highest BCUT2D eigenvalue weighted by Gasteiger charge is 2.41. The van der Waals surface area contributed by atoms with E-state index in [0.29, 0.717) is 52.3 Å². The predicted molar refractivity (Wildman–Crippen MR) is 128 cm³/mol. The van der Waals surface area contributed by atoms with Crippen molar-refractivity contribution < 1.29 is 13.9 Å². The summed E-state index contributed by atoms with van der Waals surface area (Å²) in [5.41, 5.74) is 2.88. The zero-order valence-electron chi connectivity index (χ0n) is 19.4. The first-order valence-corrected chi connectivity index (χ1v) is 12.1. The molecule has 9 heteroatoms. The number of carbonyl (C=O) groups is 1. The molecule has 2 bridgehead atoms. The Labute approximate surface area is 202 Å². The van der Waals surface area contributed by atoms with E-state index in [4.69, 9.17) is 14.7 Å². The van der Waals surface area contributed by atoms with E-state index >= 15 is 0 Å². The number of anilines is 2. The lowest BCUT2D eigenvalue weighted by atomic mass is 10.0. The topological polar surface area (TPSA) is 83.5 Å². The van der Waals surface area contributed by atoms with Crippen LogP contribution < -0.4 is 19.9 Å². The number of fused-ring (bicyclic) bond motifs is 3. The Bertz CT molecular complexity index is 1360. The predicted octanol–water partition coefficient (Wildman–Crippen LogP) is 3.27. The zero-order chi connectivity index (χ0) is 23.7. The summed E-state index contributed by atoms with van der Waals surface area (Å²) < 4.78 is 20.3. The molecule has 1 saturated carbocycles. The van der Waals surface area contributed by atoms with Crippen LogP contribution in [0.5, 0.6) is 5.75 Å². The second-order valence-corrected chi connectivity index (χ2v) is 9.77. The number of methoxy groups -OCH3 is 1. The number of hydrogen-bond acceptors (Lipinski definition) is 7. The molecular formula is C26H25FN6O2. The number of rotatable bonds is 5. The average Bonchev–Trinajstić information content (AvgIpc) is 3.37. The van der Waals surface area contributed by atoms with Crippen LogP contribution in [0.1, 0.15) is 46.8 Å². The molecule has 1 N–H and O–H groups in total. The maximum absolute atomic E-state index is 14.9. The highest BCUT2D eigenvalue weighted by atomic mass is 19.1. The molecule has 3 fully saturated rings. The van der Waals surface area contributed by atoms with Gasteiger partial charge < -0.3 is 15.0 Å².